The number of amides is 1. The first-order chi connectivity index (χ1) is 13.4. The fourth-order valence-corrected chi connectivity index (χ4v) is 4.98. The molecule has 0 aromatic heterocycles. The van der Waals surface area contributed by atoms with Crippen molar-refractivity contribution in [1.82, 2.24) is 9.62 Å². The number of hydrogen-bond donors (Lipinski definition) is 1. The minimum atomic E-state index is -3.43. The maximum atomic E-state index is 12.5. The summed E-state index contributed by atoms with van der Waals surface area (Å²) >= 11 is 0. The van der Waals surface area contributed by atoms with Crippen LogP contribution in [0.3, 0.4) is 0 Å². The third-order valence-electron chi connectivity index (χ3n) is 5.26. The largest absolute Gasteiger partial charge is 0.378 e. The Morgan fingerprint density at radius 1 is 1.25 bits per heavy atom. The van der Waals surface area contributed by atoms with Crippen LogP contribution in [0.1, 0.15) is 58.4 Å². The van der Waals surface area contributed by atoms with Gasteiger partial charge in [-0.1, -0.05) is 26.0 Å². The van der Waals surface area contributed by atoms with Gasteiger partial charge in [-0.3, -0.25) is 4.79 Å². The Balaban J connectivity index is 1.78. The number of nitrogens with zero attached hydrogens (tertiary/aromatic N) is 1. The summed E-state index contributed by atoms with van der Waals surface area (Å²) in [4.78, 5) is 12.5. The van der Waals surface area contributed by atoms with E-state index in [1.165, 1.54) is 4.31 Å². The molecule has 1 amide bonds. The van der Waals surface area contributed by atoms with E-state index in [1.807, 2.05) is 20.8 Å². The number of aryl methyl sites for hydroxylation is 1. The van der Waals surface area contributed by atoms with E-state index in [1.54, 1.807) is 24.3 Å². The smallest absolute Gasteiger partial charge is 0.243 e. The molecule has 2 atom stereocenters. The van der Waals surface area contributed by atoms with Crippen molar-refractivity contribution in [2.75, 3.05) is 19.7 Å². The van der Waals surface area contributed by atoms with Gasteiger partial charge in [0.1, 0.15) is 0 Å². The average Bonchev–Trinajstić information content (AvgIpc) is 3.19. The van der Waals surface area contributed by atoms with Crippen LogP contribution in [0.2, 0.25) is 0 Å². The summed E-state index contributed by atoms with van der Waals surface area (Å²) in [5.74, 6) is 0.0275. The Morgan fingerprint density at radius 3 is 2.50 bits per heavy atom. The van der Waals surface area contributed by atoms with Crippen LogP contribution >= 0.6 is 0 Å². The van der Waals surface area contributed by atoms with Crippen molar-refractivity contribution in [3.63, 3.8) is 0 Å². The second kappa shape index (κ2) is 10.9. The molecule has 28 heavy (non-hydrogen) atoms. The maximum absolute atomic E-state index is 12.5. The lowest BCUT2D eigenvalue weighted by molar-refractivity contribution is -0.121. The maximum Gasteiger partial charge on any atom is 0.243 e. The number of ether oxygens (including phenoxy) is 1. The van der Waals surface area contributed by atoms with Crippen molar-refractivity contribution in [2.24, 2.45) is 0 Å². The zero-order valence-electron chi connectivity index (χ0n) is 17.3. The highest BCUT2D eigenvalue weighted by atomic mass is 32.2. The van der Waals surface area contributed by atoms with Gasteiger partial charge in [0.05, 0.1) is 11.0 Å². The van der Waals surface area contributed by atoms with Crippen LogP contribution in [0, 0.1) is 0 Å². The molecule has 6 nitrogen and oxygen atoms in total. The summed E-state index contributed by atoms with van der Waals surface area (Å²) < 4.78 is 32.1. The first-order valence-electron chi connectivity index (χ1n) is 10.4. The molecule has 2 unspecified atom stereocenters. The molecule has 1 aromatic rings. The molecule has 1 aliphatic rings. The zero-order valence-corrected chi connectivity index (χ0v) is 18.1. The van der Waals surface area contributed by atoms with Crippen LogP contribution in [-0.2, 0) is 26.0 Å². The molecule has 0 spiro atoms. The van der Waals surface area contributed by atoms with Gasteiger partial charge >= 0.3 is 0 Å². The molecule has 1 N–H and O–H groups in total. The Hall–Kier alpha value is -1.44. The van der Waals surface area contributed by atoms with E-state index in [0.29, 0.717) is 36.9 Å². The first-order valence-corrected chi connectivity index (χ1v) is 11.8. The lowest BCUT2D eigenvalue weighted by Crippen LogP contribution is -2.33. The minimum absolute atomic E-state index is 0.0275. The third-order valence-corrected chi connectivity index (χ3v) is 7.32. The molecule has 0 bridgehead atoms. The van der Waals surface area contributed by atoms with E-state index in [4.69, 9.17) is 4.74 Å². The van der Waals surface area contributed by atoms with E-state index in [2.05, 4.69) is 5.32 Å². The van der Waals surface area contributed by atoms with E-state index >= 15 is 0 Å². The standard InChI is InChI=1S/C21H34N2O4S/c1-4-23(5-2)28(25,26)20-13-9-18(10-14-20)11-15-21(24)22-17(3)8-12-19-7-6-16-27-19/h9-10,13-14,17,19H,4-8,11-12,15-16H2,1-3H3,(H,22,24). The lowest BCUT2D eigenvalue weighted by atomic mass is 10.1. The monoisotopic (exact) mass is 410 g/mol. The van der Waals surface area contributed by atoms with Crippen LogP contribution in [0.4, 0.5) is 0 Å². The third kappa shape index (κ3) is 6.57. The normalized spacial score (nSPS) is 18.4. The van der Waals surface area contributed by atoms with Gasteiger partial charge in [0.15, 0.2) is 0 Å². The summed E-state index contributed by atoms with van der Waals surface area (Å²) in [6.45, 7) is 7.45. The van der Waals surface area contributed by atoms with Crippen molar-refractivity contribution in [1.29, 1.82) is 0 Å². The lowest BCUT2D eigenvalue weighted by Gasteiger charge is -2.18. The van der Waals surface area contributed by atoms with Gasteiger partial charge in [-0.05, 0) is 56.7 Å². The molecule has 7 heteroatoms. The van der Waals surface area contributed by atoms with Crippen molar-refractivity contribution in [2.45, 2.75) is 76.3 Å². The van der Waals surface area contributed by atoms with Crippen LogP contribution in [0.25, 0.3) is 0 Å². The van der Waals surface area contributed by atoms with Crippen molar-refractivity contribution < 1.29 is 17.9 Å². The molecule has 1 fully saturated rings. The van der Waals surface area contributed by atoms with Crippen LogP contribution in [0.15, 0.2) is 29.2 Å². The highest BCUT2D eigenvalue weighted by Gasteiger charge is 2.21. The molecule has 0 saturated carbocycles. The number of nitrogens with one attached hydrogen (secondary N) is 1. The minimum Gasteiger partial charge on any atom is -0.378 e. The van der Waals surface area contributed by atoms with E-state index in [-0.39, 0.29) is 11.9 Å². The van der Waals surface area contributed by atoms with Gasteiger partial charge < -0.3 is 10.1 Å². The van der Waals surface area contributed by atoms with Crippen LogP contribution < -0.4 is 5.32 Å². The quantitative estimate of drug-likeness (QED) is 0.608. The first kappa shape index (κ1) is 22.8. The number of carbonyl (C=O) groups excluding carboxylic acids is 1. The predicted molar refractivity (Wildman–Crippen MR) is 111 cm³/mol. The number of carbonyl (C=O) groups is 1. The van der Waals surface area contributed by atoms with Gasteiger partial charge in [0, 0.05) is 32.2 Å². The summed E-state index contributed by atoms with van der Waals surface area (Å²) in [7, 11) is -3.43. The van der Waals surface area contributed by atoms with Crippen molar-refractivity contribution >= 4 is 15.9 Å². The van der Waals surface area contributed by atoms with E-state index < -0.39 is 10.0 Å². The SMILES string of the molecule is CCN(CC)S(=O)(=O)c1ccc(CCC(=O)NC(C)CCC2CCCO2)cc1. The fourth-order valence-electron chi connectivity index (χ4n) is 3.53. The van der Waals surface area contributed by atoms with Gasteiger partial charge in [0.25, 0.3) is 0 Å². The molecule has 1 aliphatic heterocycles. The van der Waals surface area contributed by atoms with Gasteiger partial charge in [-0.2, -0.15) is 4.31 Å². The van der Waals surface area contributed by atoms with Crippen molar-refractivity contribution in [3.8, 4) is 0 Å². The zero-order chi connectivity index (χ0) is 20.6. The topological polar surface area (TPSA) is 75.7 Å². The summed E-state index contributed by atoms with van der Waals surface area (Å²) in [6, 6.07) is 6.99. The molecule has 1 aromatic carbocycles. The van der Waals surface area contributed by atoms with Crippen molar-refractivity contribution in [3.05, 3.63) is 29.8 Å². The molecule has 2 rings (SSSR count). The molecule has 0 radical (unpaired) electrons. The summed E-state index contributed by atoms with van der Waals surface area (Å²) in [5.41, 5.74) is 0.959. The second-order valence-electron chi connectivity index (χ2n) is 7.41. The fraction of sp³-hybridized carbons (Fsp3) is 0.667. The molecule has 0 aliphatic carbocycles. The second-order valence-corrected chi connectivity index (χ2v) is 9.35. The Labute approximate surface area is 169 Å². The molecule has 158 valence electrons. The highest BCUT2D eigenvalue weighted by Crippen LogP contribution is 2.18. The summed E-state index contributed by atoms with van der Waals surface area (Å²) in [5, 5.41) is 3.04. The van der Waals surface area contributed by atoms with Crippen LogP contribution in [-0.4, -0.2) is 50.5 Å². The number of benzene rings is 1. The van der Waals surface area contributed by atoms with E-state index in [9.17, 15) is 13.2 Å². The Kier molecular flexibility index (Phi) is 8.92. The number of hydrogen-bond acceptors (Lipinski definition) is 4. The molecule has 1 heterocycles. The summed E-state index contributed by atoms with van der Waals surface area (Å²) in [6.07, 6.45) is 5.52. The van der Waals surface area contributed by atoms with Gasteiger partial charge in [-0.25, -0.2) is 8.42 Å². The Bertz CT molecular complexity index is 708. The molecular weight excluding hydrogens is 376 g/mol. The van der Waals surface area contributed by atoms with E-state index in [0.717, 1.165) is 37.9 Å². The molecule has 1 saturated heterocycles. The van der Waals surface area contributed by atoms with Crippen LogP contribution in [0.5, 0.6) is 0 Å². The highest BCUT2D eigenvalue weighted by molar-refractivity contribution is 7.89. The average molecular weight is 411 g/mol. The van der Waals surface area contributed by atoms with Gasteiger partial charge in [0.2, 0.25) is 15.9 Å². The number of rotatable bonds is 11. The predicted octanol–water partition coefficient (Wildman–Crippen LogP) is 3.11. The molecular formula is C21H34N2O4S. The van der Waals surface area contributed by atoms with Gasteiger partial charge in [-0.15, -0.1) is 0 Å². The Morgan fingerprint density at radius 2 is 1.93 bits per heavy atom. The number of sulfonamides is 1.